The Bertz CT molecular complexity index is 902. The molecule has 0 unspecified atom stereocenters. The van der Waals surface area contributed by atoms with Crippen molar-refractivity contribution in [1.29, 1.82) is 0 Å². The van der Waals surface area contributed by atoms with Crippen molar-refractivity contribution in [2.45, 2.75) is 6.61 Å². The van der Waals surface area contributed by atoms with E-state index >= 15 is 0 Å². The molecule has 1 heterocycles. The van der Waals surface area contributed by atoms with Crippen molar-refractivity contribution in [3.05, 3.63) is 71.0 Å². The zero-order chi connectivity index (χ0) is 17.8. The van der Waals surface area contributed by atoms with Crippen LogP contribution in [0.5, 0.6) is 17.4 Å². The van der Waals surface area contributed by atoms with Crippen LogP contribution in [0, 0.1) is 5.82 Å². The smallest absolute Gasteiger partial charge is 0.225 e. The summed E-state index contributed by atoms with van der Waals surface area (Å²) in [6.07, 6.45) is 0. The molecule has 0 bridgehead atoms. The molecule has 128 valence electrons. The predicted molar refractivity (Wildman–Crippen MR) is 93.6 cm³/mol. The van der Waals surface area contributed by atoms with Gasteiger partial charge in [0, 0.05) is 11.1 Å². The quantitative estimate of drug-likeness (QED) is 0.708. The lowest BCUT2D eigenvalue weighted by Crippen LogP contribution is -1.99. The highest BCUT2D eigenvalue weighted by Crippen LogP contribution is 2.33. The van der Waals surface area contributed by atoms with Gasteiger partial charge in [0.15, 0.2) is 11.6 Å². The Balaban J connectivity index is 2.05. The molecule has 0 atom stereocenters. The second-order valence-electron chi connectivity index (χ2n) is 5.17. The van der Waals surface area contributed by atoms with Gasteiger partial charge in [-0.15, -0.1) is 0 Å². The number of nitrogens with zero attached hydrogens (tertiary/aromatic N) is 1. The van der Waals surface area contributed by atoms with Crippen LogP contribution in [-0.4, -0.2) is 17.2 Å². The normalized spacial score (nSPS) is 10.6. The fourth-order valence-corrected chi connectivity index (χ4v) is 2.50. The number of aliphatic hydroxyl groups excluding tert-OH is 1. The highest BCUT2D eigenvalue weighted by molar-refractivity contribution is 6.32. The van der Waals surface area contributed by atoms with Crippen molar-refractivity contribution in [2.75, 3.05) is 7.11 Å². The number of para-hydroxylation sites is 1. The minimum atomic E-state index is -0.516. The number of pyridine rings is 1. The Kier molecular flexibility index (Phi) is 5.16. The molecule has 0 saturated heterocycles. The van der Waals surface area contributed by atoms with Crippen LogP contribution in [0.3, 0.4) is 0 Å². The predicted octanol–water partition coefficient (Wildman–Crippen LogP) is 4.83. The van der Waals surface area contributed by atoms with Crippen molar-refractivity contribution in [1.82, 2.24) is 4.98 Å². The summed E-state index contributed by atoms with van der Waals surface area (Å²) >= 11 is 6.10. The third-order valence-electron chi connectivity index (χ3n) is 3.61. The Morgan fingerprint density at radius 2 is 1.80 bits per heavy atom. The molecule has 6 heteroatoms. The van der Waals surface area contributed by atoms with Gasteiger partial charge in [-0.3, -0.25) is 0 Å². The summed E-state index contributed by atoms with van der Waals surface area (Å²) in [6, 6.07) is 15.0. The SMILES string of the molecule is COc1cccc(-c2ccc(CO)c(Oc3ccccc3Cl)n2)c1F. The molecule has 1 aromatic heterocycles. The highest BCUT2D eigenvalue weighted by atomic mass is 35.5. The van der Waals surface area contributed by atoms with E-state index in [1.54, 1.807) is 48.5 Å². The number of halogens is 2. The molecule has 3 rings (SSSR count). The number of rotatable bonds is 5. The van der Waals surface area contributed by atoms with E-state index in [0.29, 0.717) is 22.0 Å². The maximum Gasteiger partial charge on any atom is 0.225 e. The van der Waals surface area contributed by atoms with Gasteiger partial charge in [0.2, 0.25) is 5.88 Å². The van der Waals surface area contributed by atoms with E-state index in [1.165, 1.54) is 13.2 Å². The van der Waals surface area contributed by atoms with Crippen LogP contribution in [0.25, 0.3) is 11.3 Å². The van der Waals surface area contributed by atoms with Crippen LogP contribution in [-0.2, 0) is 6.61 Å². The number of aromatic nitrogens is 1. The summed E-state index contributed by atoms with van der Waals surface area (Å²) in [5, 5.41) is 9.93. The van der Waals surface area contributed by atoms with Crippen LogP contribution in [0.4, 0.5) is 4.39 Å². The number of aliphatic hydroxyl groups is 1. The van der Waals surface area contributed by atoms with Gasteiger partial charge in [-0.1, -0.05) is 29.8 Å². The van der Waals surface area contributed by atoms with Crippen LogP contribution < -0.4 is 9.47 Å². The van der Waals surface area contributed by atoms with Gasteiger partial charge < -0.3 is 14.6 Å². The van der Waals surface area contributed by atoms with E-state index in [4.69, 9.17) is 21.1 Å². The maximum absolute atomic E-state index is 14.5. The Labute approximate surface area is 149 Å². The first-order valence-electron chi connectivity index (χ1n) is 7.50. The molecule has 0 saturated carbocycles. The topological polar surface area (TPSA) is 51.6 Å². The number of hydrogen-bond acceptors (Lipinski definition) is 4. The molecule has 0 amide bonds. The standard InChI is InChI=1S/C19H15ClFNO3/c1-24-17-8-4-5-13(18(17)21)15-10-9-12(11-23)19(22-15)25-16-7-3-2-6-14(16)20/h2-10,23H,11H2,1H3. The first kappa shape index (κ1) is 17.2. The van der Waals surface area contributed by atoms with Crippen molar-refractivity contribution < 1.29 is 19.0 Å². The minimum absolute atomic E-state index is 0.124. The van der Waals surface area contributed by atoms with E-state index < -0.39 is 5.82 Å². The van der Waals surface area contributed by atoms with Crippen molar-refractivity contribution in [3.8, 4) is 28.6 Å². The van der Waals surface area contributed by atoms with Gasteiger partial charge in [-0.2, -0.15) is 0 Å². The third kappa shape index (κ3) is 3.57. The Morgan fingerprint density at radius 1 is 1.04 bits per heavy atom. The summed E-state index contributed by atoms with van der Waals surface area (Å²) < 4.78 is 25.2. The third-order valence-corrected chi connectivity index (χ3v) is 3.92. The van der Waals surface area contributed by atoms with Gasteiger partial charge in [-0.25, -0.2) is 9.37 Å². The summed E-state index contributed by atoms with van der Waals surface area (Å²) in [7, 11) is 1.40. The Hall–Kier alpha value is -2.63. The van der Waals surface area contributed by atoms with Gasteiger partial charge >= 0.3 is 0 Å². The summed E-state index contributed by atoms with van der Waals surface area (Å²) in [6.45, 7) is -0.270. The first-order chi connectivity index (χ1) is 12.1. The molecule has 0 aliphatic rings. The molecular weight excluding hydrogens is 345 g/mol. The number of ether oxygens (including phenoxy) is 2. The molecule has 0 aliphatic heterocycles. The summed E-state index contributed by atoms with van der Waals surface area (Å²) in [4.78, 5) is 4.35. The molecule has 4 nitrogen and oxygen atoms in total. The average molecular weight is 360 g/mol. The zero-order valence-corrected chi connectivity index (χ0v) is 14.1. The second kappa shape index (κ2) is 7.51. The summed E-state index contributed by atoms with van der Waals surface area (Å²) in [5.74, 6) is 0.169. The van der Waals surface area contributed by atoms with E-state index in [2.05, 4.69) is 4.98 Å². The van der Waals surface area contributed by atoms with E-state index in [1.807, 2.05) is 0 Å². The first-order valence-corrected chi connectivity index (χ1v) is 7.88. The van der Waals surface area contributed by atoms with Crippen LogP contribution in [0.15, 0.2) is 54.6 Å². The van der Waals surface area contributed by atoms with Crippen molar-refractivity contribution in [3.63, 3.8) is 0 Å². The van der Waals surface area contributed by atoms with E-state index in [0.717, 1.165) is 0 Å². The van der Waals surface area contributed by atoms with Crippen LogP contribution in [0.1, 0.15) is 5.56 Å². The fraction of sp³-hybridized carbons (Fsp3) is 0.105. The molecule has 0 spiro atoms. The molecule has 25 heavy (non-hydrogen) atoms. The van der Waals surface area contributed by atoms with E-state index in [9.17, 15) is 9.50 Å². The number of hydrogen-bond donors (Lipinski definition) is 1. The largest absolute Gasteiger partial charge is 0.494 e. The van der Waals surface area contributed by atoms with Gasteiger partial charge in [0.05, 0.1) is 24.4 Å². The lowest BCUT2D eigenvalue weighted by atomic mass is 10.1. The summed E-state index contributed by atoms with van der Waals surface area (Å²) in [5.41, 5.74) is 1.09. The minimum Gasteiger partial charge on any atom is -0.494 e. The molecular formula is C19H15ClFNO3. The Morgan fingerprint density at radius 3 is 2.52 bits per heavy atom. The molecule has 1 N–H and O–H groups in total. The maximum atomic E-state index is 14.5. The van der Waals surface area contributed by atoms with Crippen LogP contribution in [0.2, 0.25) is 5.02 Å². The lowest BCUT2D eigenvalue weighted by molar-refractivity contribution is 0.275. The fourth-order valence-electron chi connectivity index (χ4n) is 2.33. The molecule has 0 radical (unpaired) electrons. The average Bonchev–Trinajstić information content (AvgIpc) is 2.64. The molecule has 3 aromatic rings. The lowest BCUT2D eigenvalue weighted by Gasteiger charge is -2.12. The van der Waals surface area contributed by atoms with Crippen molar-refractivity contribution in [2.24, 2.45) is 0 Å². The van der Waals surface area contributed by atoms with Crippen molar-refractivity contribution >= 4 is 11.6 Å². The van der Waals surface area contributed by atoms with Gasteiger partial charge in [0.1, 0.15) is 5.75 Å². The van der Waals surface area contributed by atoms with Crippen LogP contribution >= 0.6 is 11.6 Å². The second-order valence-corrected chi connectivity index (χ2v) is 5.58. The highest BCUT2D eigenvalue weighted by Gasteiger charge is 2.15. The van der Waals surface area contributed by atoms with Gasteiger partial charge in [-0.05, 0) is 36.4 Å². The number of methoxy groups -OCH3 is 1. The number of benzene rings is 2. The monoisotopic (exact) mass is 359 g/mol. The zero-order valence-electron chi connectivity index (χ0n) is 13.4. The molecule has 2 aromatic carbocycles. The van der Waals surface area contributed by atoms with Gasteiger partial charge in [0.25, 0.3) is 0 Å². The molecule has 0 aliphatic carbocycles. The molecule has 0 fully saturated rings. The van der Waals surface area contributed by atoms with E-state index in [-0.39, 0.29) is 23.8 Å².